The van der Waals surface area contributed by atoms with E-state index in [1.807, 2.05) is 0 Å². The quantitative estimate of drug-likeness (QED) is 0.245. The van der Waals surface area contributed by atoms with E-state index in [1.54, 1.807) is 0 Å². The molecule has 14 heteroatoms. The molecule has 4 unspecified atom stereocenters. The van der Waals surface area contributed by atoms with Crippen LogP contribution >= 0.6 is 11.9 Å². The number of benzene rings is 1. The van der Waals surface area contributed by atoms with Crippen LogP contribution in [0.1, 0.15) is 63.4 Å². The Balaban J connectivity index is 1.51. The SMILES string of the molecule is O=C(Nc1cccc(C(F)(F)F)c1)C1NNSC1NC(=O)C1CNCC(C(F)(F)F)C12CCCCCCCCC2. The molecule has 40 heavy (non-hydrogen) atoms. The van der Waals surface area contributed by atoms with Crippen LogP contribution in [0.3, 0.4) is 0 Å². The lowest BCUT2D eigenvalue weighted by Crippen LogP contribution is -2.62. The molecule has 0 radical (unpaired) electrons. The van der Waals surface area contributed by atoms with Gasteiger partial charge in [0, 0.05) is 18.8 Å². The van der Waals surface area contributed by atoms with E-state index in [0.29, 0.717) is 25.7 Å². The second-order valence-corrected chi connectivity index (χ2v) is 11.8. The molecular weight excluding hydrogens is 560 g/mol. The molecular formula is C26H35F6N5O2S. The van der Waals surface area contributed by atoms with Crippen molar-refractivity contribution in [1.29, 1.82) is 0 Å². The Kier molecular flexibility index (Phi) is 9.95. The molecule has 0 bridgehead atoms. The Labute approximate surface area is 233 Å². The Morgan fingerprint density at radius 2 is 1.55 bits per heavy atom. The van der Waals surface area contributed by atoms with Gasteiger partial charge in [-0.15, -0.1) is 0 Å². The van der Waals surface area contributed by atoms with Gasteiger partial charge in [0.1, 0.15) is 11.4 Å². The lowest BCUT2D eigenvalue weighted by Gasteiger charge is -2.50. The number of nitrogens with one attached hydrogen (secondary N) is 5. The van der Waals surface area contributed by atoms with Crippen LogP contribution in [-0.2, 0) is 15.8 Å². The van der Waals surface area contributed by atoms with Crippen LogP contribution in [0.25, 0.3) is 0 Å². The van der Waals surface area contributed by atoms with Crippen molar-refractivity contribution in [3.63, 3.8) is 0 Å². The Hall–Kier alpha value is -2.03. The molecule has 1 aromatic rings. The number of piperidine rings is 1. The molecule has 3 aliphatic rings. The molecule has 7 nitrogen and oxygen atoms in total. The third-order valence-electron chi connectivity index (χ3n) is 8.31. The topological polar surface area (TPSA) is 94.3 Å². The van der Waals surface area contributed by atoms with Crippen molar-refractivity contribution >= 4 is 29.4 Å². The molecule has 2 saturated heterocycles. The molecule has 4 rings (SSSR count). The maximum atomic E-state index is 14.4. The summed E-state index contributed by atoms with van der Waals surface area (Å²) < 4.78 is 82.4. The zero-order chi connectivity index (χ0) is 29.0. The van der Waals surface area contributed by atoms with E-state index in [0.717, 1.165) is 56.2 Å². The number of carbonyl (C=O) groups is 2. The van der Waals surface area contributed by atoms with E-state index in [2.05, 4.69) is 26.2 Å². The monoisotopic (exact) mass is 595 g/mol. The number of alkyl halides is 6. The average Bonchev–Trinajstić information content (AvgIpc) is 3.35. The molecule has 3 fully saturated rings. The summed E-state index contributed by atoms with van der Waals surface area (Å²) in [6.45, 7) is -0.144. The van der Waals surface area contributed by atoms with Gasteiger partial charge < -0.3 is 16.0 Å². The van der Waals surface area contributed by atoms with Crippen LogP contribution in [0.5, 0.6) is 0 Å². The van der Waals surface area contributed by atoms with Gasteiger partial charge >= 0.3 is 12.4 Å². The van der Waals surface area contributed by atoms with E-state index in [9.17, 15) is 35.9 Å². The predicted octanol–water partition coefficient (Wildman–Crippen LogP) is 5.12. The van der Waals surface area contributed by atoms with Gasteiger partial charge in [-0.2, -0.15) is 31.2 Å². The zero-order valence-electron chi connectivity index (χ0n) is 21.9. The van der Waals surface area contributed by atoms with Crippen molar-refractivity contribution in [2.24, 2.45) is 17.3 Å². The van der Waals surface area contributed by atoms with E-state index in [4.69, 9.17) is 0 Å². The van der Waals surface area contributed by atoms with Gasteiger partial charge in [-0.3, -0.25) is 9.59 Å². The minimum atomic E-state index is -4.59. The van der Waals surface area contributed by atoms with Crippen LogP contribution in [0, 0.1) is 17.3 Å². The highest BCUT2D eigenvalue weighted by Gasteiger charge is 2.59. The van der Waals surface area contributed by atoms with Crippen molar-refractivity contribution in [2.75, 3.05) is 18.4 Å². The molecule has 1 saturated carbocycles. The minimum Gasteiger partial charge on any atom is -0.341 e. The van der Waals surface area contributed by atoms with Crippen LogP contribution in [0.2, 0.25) is 0 Å². The molecule has 2 aliphatic heterocycles. The van der Waals surface area contributed by atoms with Gasteiger partial charge in [0.15, 0.2) is 0 Å². The second-order valence-electron chi connectivity index (χ2n) is 10.9. The van der Waals surface area contributed by atoms with E-state index in [1.165, 1.54) is 12.1 Å². The fourth-order valence-corrected chi connectivity index (χ4v) is 7.11. The molecule has 5 N–H and O–H groups in total. The first-order valence-electron chi connectivity index (χ1n) is 13.6. The first kappa shape index (κ1) is 30.9. The van der Waals surface area contributed by atoms with Gasteiger partial charge in [0.2, 0.25) is 11.8 Å². The minimum absolute atomic E-state index is 0.0754. The van der Waals surface area contributed by atoms with Gasteiger partial charge in [-0.25, -0.2) is 5.43 Å². The fraction of sp³-hybridized carbons (Fsp3) is 0.692. The first-order valence-corrected chi connectivity index (χ1v) is 14.5. The Morgan fingerprint density at radius 1 is 0.900 bits per heavy atom. The Morgan fingerprint density at radius 3 is 2.17 bits per heavy atom. The van der Waals surface area contributed by atoms with Gasteiger partial charge in [-0.05, 0) is 48.4 Å². The maximum Gasteiger partial charge on any atom is 0.416 e. The number of halogens is 6. The first-order chi connectivity index (χ1) is 18.9. The highest BCUT2D eigenvalue weighted by atomic mass is 32.2. The van der Waals surface area contributed by atoms with E-state index >= 15 is 0 Å². The summed E-state index contributed by atoms with van der Waals surface area (Å²) in [6.07, 6.45) is -2.64. The van der Waals surface area contributed by atoms with E-state index in [-0.39, 0.29) is 18.8 Å². The number of hydrogen-bond acceptors (Lipinski definition) is 6. The maximum absolute atomic E-state index is 14.4. The summed E-state index contributed by atoms with van der Waals surface area (Å²) in [6, 6.07) is 3.07. The molecule has 0 aromatic heterocycles. The number of hydrazine groups is 1. The number of hydrogen-bond donors (Lipinski definition) is 5. The van der Waals surface area contributed by atoms with E-state index < -0.39 is 58.4 Å². The fourth-order valence-electron chi connectivity index (χ4n) is 6.29. The summed E-state index contributed by atoms with van der Waals surface area (Å²) in [5.74, 6) is -3.90. The lowest BCUT2D eigenvalue weighted by molar-refractivity contribution is -0.226. The highest BCUT2D eigenvalue weighted by molar-refractivity contribution is 7.98. The summed E-state index contributed by atoms with van der Waals surface area (Å²) in [7, 11) is 0. The van der Waals surface area contributed by atoms with Crippen LogP contribution in [0.15, 0.2) is 24.3 Å². The molecule has 1 spiro atoms. The summed E-state index contributed by atoms with van der Waals surface area (Å²) in [5.41, 5.74) is 0.423. The molecule has 1 aliphatic carbocycles. The number of amides is 2. The standard InChI is InChI=1S/C26H35F6N5O2S/c27-25(28,29)16-9-8-10-17(13-16)34-22(39)20-23(40-37-36-20)35-21(38)18-14-33-15-19(26(30,31)32)24(18)11-6-4-2-1-3-5-7-12-24/h8-10,13,18-20,23,33,36-37H,1-7,11-12,14-15H2,(H,34,39)(H,35,38). The summed E-state index contributed by atoms with van der Waals surface area (Å²) >= 11 is 0.968. The van der Waals surface area contributed by atoms with Crippen LogP contribution < -0.4 is 26.2 Å². The van der Waals surface area contributed by atoms with Gasteiger partial charge in [0.25, 0.3) is 0 Å². The zero-order valence-corrected chi connectivity index (χ0v) is 22.7. The van der Waals surface area contributed by atoms with Crippen molar-refractivity contribution in [3.8, 4) is 0 Å². The molecule has 2 heterocycles. The molecule has 2 amide bonds. The summed E-state index contributed by atoms with van der Waals surface area (Å²) in [5, 5.41) is 7.11. The predicted molar refractivity (Wildman–Crippen MR) is 140 cm³/mol. The Bertz CT molecular complexity index is 1030. The summed E-state index contributed by atoms with van der Waals surface area (Å²) in [4.78, 5) is 29.3. The third kappa shape index (κ3) is 7.24. The third-order valence-corrected chi connectivity index (χ3v) is 9.19. The second kappa shape index (κ2) is 12.9. The molecule has 1 aromatic carbocycles. The van der Waals surface area contributed by atoms with Crippen molar-refractivity contribution < 1.29 is 35.9 Å². The number of rotatable bonds is 4. The van der Waals surface area contributed by atoms with Gasteiger partial charge in [-0.1, -0.05) is 51.0 Å². The lowest BCUT2D eigenvalue weighted by atomic mass is 9.58. The van der Waals surface area contributed by atoms with Crippen LogP contribution in [0.4, 0.5) is 32.0 Å². The number of carbonyl (C=O) groups excluding carboxylic acids is 2. The average molecular weight is 596 g/mol. The molecule has 224 valence electrons. The van der Waals surface area contributed by atoms with Crippen molar-refractivity contribution in [3.05, 3.63) is 29.8 Å². The smallest absolute Gasteiger partial charge is 0.341 e. The normalized spacial score (nSPS) is 28.1. The number of anilines is 1. The largest absolute Gasteiger partial charge is 0.416 e. The molecule has 4 atom stereocenters. The van der Waals surface area contributed by atoms with Crippen LogP contribution in [-0.4, -0.2) is 42.5 Å². The highest BCUT2D eigenvalue weighted by Crippen LogP contribution is 2.53. The van der Waals surface area contributed by atoms with Crippen molar-refractivity contribution in [1.82, 2.24) is 20.9 Å². The van der Waals surface area contributed by atoms with Crippen molar-refractivity contribution in [2.45, 2.75) is 81.6 Å². The van der Waals surface area contributed by atoms with Gasteiger partial charge in [0.05, 0.1) is 17.4 Å².